The predicted molar refractivity (Wildman–Crippen MR) is 85.8 cm³/mol. The number of halogens is 2. The van der Waals surface area contributed by atoms with E-state index in [4.69, 9.17) is 21.1 Å². The summed E-state index contributed by atoms with van der Waals surface area (Å²) in [5, 5.41) is 0. The van der Waals surface area contributed by atoms with E-state index in [1.807, 2.05) is 43.3 Å². The second-order valence-corrected chi connectivity index (χ2v) is 5.61. The number of alkyl halides is 1. The van der Waals surface area contributed by atoms with Crippen LogP contribution in [0, 0.1) is 6.92 Å². The van der Waals surface area contributed by atoms with Crippen LogP contribution in [0.2, 0.25) is 0 Å². The quantitative estimate of drug-likeness (QED) is 0.696. The number of rotatable bonds is 5. The standard InChI is InChI=1S/C16H16BrClO2/c1-11-3-6-16(12(7-11)9-18)20-10-13-8-14(19-2)4-5-15(13)17/h3-8H,9-10H2,1-2H3. The van der Waals surface area contributed by atoms with Crippen LogP contribution in [0.25, 0.3) is 0 Å². The van der Waals surface area contributed by atoms with Crippen molar-refractivity contribution in [2.45, 2.75) is 19.4 Å². The van der Waals surface area contributed by atoms with E-state index in [0.717, 1.165) is 27.1 Å². The van der Waals surface area contributed by atoms with Crippen LogP contribution in [0.1, 0.15) is 16.7 Å². The average molecular weight is 356 g/mol. The number of hydrogen-bond donors (Lipinski definition) is 0. The highest BCUT2D eigenvalue weighted by molar-refractivity contribution is 9.10. The third-order valence-corrected chi connectivity index (χ3v) is 4.06. The maximum atomic E-state index is 5.96. The first kappa shape index (κ1) is 15.2. The van der Waals surface area contributed by atoms with Gasteiger partial charge in [-0.1, -0.05) is 33.6 Å². The van der Waals surface area contributed by atoms with Crippen molar-refractivity contribution < 1.29 is 9.47 Å². The molecule has 2 nitrogen and oxygen atoms in total. The molecule has 2 aromatic rings. The SMILES string of the molecule is COc1ccc(Br)c(COc2ccc(C)cc2CCl)c1. The smallest absolute Gasteiger partial charge is 0.124 e. The molecule has 0 aliphatic carbocycles. The summed E-state index contributed by atoms with van der Waals surface area (Å²) in [6, 6.07) is 11.8. The van der Waals surface area contributed by atoms with E-state index in [1.165, 1.54) is 5.56 Å². The first-order chi connectivity index (χ1) is 9.63. The Bertz CT molecular complexity index is 599. The van der Waals surface area contributed by atoms with Gasteiger partial charge in [0.1, 0.15) is 18.1 Å². The molecule has 0 aliphatic rings. The zero-order valence-electron chi connectivity index (χ0n) is 11.5. The van der Waals surface area contributed by atoms with E-state index < -0.39 is 0 Å². The Balaban J connectivity index is 2.16. The van der Waals surface area contributed by atoms with Crippen molar-refractivity contribution in [3.63, 3.8) is 0 Å². The molecular formula is C16H16BrClO2. The Morgan fingerprint density at radius 3 is 2.60 bits per heavy atom. The summed E-state index contributed by atoms with van der Waals surface area (Å²) < 4.78 is 12.1. The zero-order chi connectivity index (χ0) is 14.5. The van der Waals surface area contributed by atoms with Gasteiger partial charge in [0.15, 0.2) is 0 Å². The lowest BCUT2D eigenvalue weighted by atomic mass is 10.1. The molecule has 0 bridgehead atoms. The Morgan fingerprint density at radius 1 is 1.10 bits per heavy atom. The number of hydrogen-bond acceptors (Lipinski definition) is 2. The largest absolute Gasteiger partial charge is 0.497 e. The van der Waals surface area contributed by atoms with E-state index in [0.29, 0.717) is 12.5 Å². The van der Waals surface area contributed by atoms with Crippen molar-refractivity contribution in [2.24, 2.45) is 0 Å². The third-order valence-electron chi connectivity index (χ3n) is 3.00. The normalized spacial score (nSPS) is 10.4. The van der Waals surface area contributed by atoms with Crippen LogP contribution in [0.4, 0.5) is 0 Å². The fourth-order valence-corrected chi connectivity index (χ4v) is 2.47. The van der Waals surface area contributed by atoms with Crippen LogP contribution < -0.4 is 9.47 Å². The Morgan fingerprint density at radius 2 is 1.90 bits per heavy atom. The number of benzene rings is 2. The third kappa shape index (κ3) is 3.68. The molecule has 0 fully saturated rings. The average Bonchev–Trinajstić information content (AvgIpc) is 2.47. The molecule has 0 aromatic heterocycles. The van der Waals surface area contributed by atoms with Gasteiger partial charge in [-0.05, 0) is 31.2 Å². The van der Waals surface area contributed by atoms with Gasteiger partial charge in [-0.2, -0.15) is 0 Å². The van der Waals surface area contributed by atoms with E-state index in [2.05, 4.69) is 15.9 Å². The van der Waals surface area contributed by atoms with Gasteiger partial charge in [0, 0.05) is 15.6 Å². The van der Waals surface area contributed by atoms with E-state index in [9.17, 15) is 0 Å². The maximum absolute atomic E-state index is 5.96. The highest BCUT2D eigenvalue weighted by atomic mass is 79.9. The van der Waals surface area contributed by atoms with Crippen molar-refractivity contribution in [3.05, 3.63) is 57.6 Å². The van der Waals surface area contributed by atoms with Gasteiger partial charge in [0.05, 0.1) is 13.0 Å². The molecule has 106 valence electrons. The van der Waals surface area contributed by atoms with Gasteiger partial charge in [-0.25, -0.2) is 0 Å². The van der Waals surface area contributed by atoms with E-state index in [-0.39, 0.29) is 0 Å². The second kappa shape index (κ2) is 7.00. The molecule has 2 aromatic carbocycles. The van der Waals surface area contributed by atoms with E-state index in [1.54, 1.807) is 7.11 Å². The predicted octanol–water partition coefficient (Wildman–Crippen LogP) is 5.08. The van der Waals surface area contributed by atoms with Crippen molar-refractivity contribution in [3.8, 4) is 11.5 Å². The monoisotopic (exact) mass is 354 g/mol. The summed E-state index contributed by atoms with van der Waals surface area (Å²) in [6.45, 7) is 2.50. The summed E-state index contributed by atoms with van der Waals surface area (Å²) in [5.41, 5.74) is 3.21. The molecule has 0 unspecified atom stereocenters. The molecule has 4 heteroatoms. The molecule has 0 atom stereocenters. The van der Waals surface area contributed by atoms with Crippen LogP contribution >= 0.6 is 27.5 Å². The van der Waals surface area contributed by atoms with Crippen LogP contribution in [0.3, 0.4) is 0 Å². The summed E-state index contributed by atoms with van der Waals surface area (Å²) in [4.78, 5) is 0. The molecule has 0 spiro atoms. The van der Waals surface area contributed by atoms with Crippen molar-refractivity contribution in [1.29, 1.82) is 0 Å². The van der Waals surface area contributed by atoms with E-state index >= 15 is 0 Å². The first-order valence-corrected chi connectivity index (χ1v) is 7.57. The topological polar surface area (TPSA) is 18.5 Å². The lowest BCUT2D eigenvalue weighted by molar-refractivity contribution is 0.302. The van der Waals surface area contributed by atoms with Crippen molar-refractivity contribution in [1.82, 2.24) is 0 Å². The van der Waals surface area contributed by atoms with Gasteiger partial charge >= 0.3 is 0 Å². The van der Waals surface area contributed by atoms with Crippen molar-refractivity contribution >= 4 is 27.5 Å². The summed E-state index contributed by atoms with van der Waals surface area (Å²) >= 11 is 9.47. The van der Waals surface area contributed by atoms with Gasteiger partial charge in [-0.3, -0.25) is 0 Å². The van der Waals surface area contributed by atoms with Crippen LogP contribution in [-0.2, 0) is 12.5 Å². The molecule has 20 heavy (non-hydrogen) atoms. The Labute approximate surface area is 132 Å². The summed E-state index contributed by atoms with van der Waals surface area (Å²) in [5.74, 6) is 2.07. The maximum Gasteiger partial charge on any atom is 0.124 e. The second-order valence-electron chi connectivity index (χ2n) is 4.49. The number of ether oxygens (including phenoxy) is 2. The molecule has 0 N–H and O–H groups in total. The molecule has 0 amide bonds. The molecule has 0 saturated heterocycles. The minimum Gasteiger partial charge on any atom is -0.497 e. The van der Waals surface area contributed by atoms with Crippen molar-refractivity contribution in [2.75, 3.05) is 7.11 Å². The number of methoxy groups -OCH3 is 1. The summed E-state index contributed by atoms with van der Waals surface area (Å²) in [6.07, 6.45) is 0. The highest BCUT2D eigenvalue weighted by Gasteiger charge is 2.07. The lowest BCUT2D eigenvalue weighted by Gasteiger charge is -2.12. The van der Waals surface area contributed by atoms with Gasteiger partial charge in [0.2, 0.25) is 0 Å². The van der Waals surface area contributed by atoms with Gasteiger partial charge in [0.25, 0.3) is 0 Å². The molecule has 0 aliphatic heterocycles. The minimum atomic E-state index is 0.441. The van der Waals surface area contributed by atoms with Crippen LogP contribution in [-0.4, -0.2) is 7.11 Å². The molecule has 0 saturated carbocycles. The first-order valence-electron chi connectivity index (χ1n) is 6.24. The molecule has 2 rings (SSSR count). The van der Waals surface area contributed by atoms with Crippen LogP contribution in [0.5, 0.6) is 11.5 Å². The highest BCUT2D eigenvalue weighted by Crippen LogP contribution is 2.26. The molecule has 0 radical (unpaired) electrons. The van der Waals surface area contributed by atoms with Gasteiger partial charge in [-0.15, -0.1) is 11.6 Å². The summed E-state index contributed by atoms with van der Waals surface area (Å²) in [7, 11) is 1.65. The van der Waals surface area contributed by atoms with Crippen LogP contribution in [0.15, 0.2) is 40.9 Å². The number of aryl methyl sites for hydroxylation is 1. The Kier molecular flexibility index (Phi) is 5.32. The lowest BCUT2D eigenvalue weighted by Crippen LogP contribution is -1.99. The molecular weight excluding hydrogens is 340 g/mol. The fraction of sp³-hybridized carbons (Fsp3) is 0.250. The molecule has 0 heterocycles. The minimum absolute atomic E-state index is 0.441. The van der Waals surface area contributed by atoms with Gasteiger partial charge < -0.3 is 9.47 Å². The zero-order valence-corrected chi connectivity index (χ0v) is 13.8. The fourth-order valence-electron chi connectivity index (χ4n) is 1.90. The Hall–Kier alpha value is -1.19.